The van der Waals surface area contributed by atoms with E-state index in [1.54, 1.807) is 29.9 Å². The first kappa shape index (κ1) is 24.6. The number of fused-ring (bicyclic) bond motifs is 7. The summed E-state index contributed by atoms with van der Waals surface area (Å²) in [6.45, 7) is 3.26. The van der Waals surface area contributed by atoms with E-state index in [2.05, 4.69) is 0 Å². The van der Waals surface area contributed by atoms with Crippen molar-refractivity contribution in [2.24, 2.45) is 28.6 Å². The maximum Gasteiger partial charge on any atom is 0.194 e. The van der Waals surface area contributed by atoms with Gasteiger partial charge in [-0.1, -0.05) is 19.4 Å². The molecule has 0 amide bonds. The van der Waals surface area contributed by atoms with Crippen molar-refractivity contribution in [3.05, 3.63) is 23.8 Å². The summed E-state index contributed by atoms with van der Waals surface area (Å²) in [4.78, 5) is 25.7. The maximum atomic E-state index is 17.3. The van der Waals surface area contributed by atoms with Crippen molar-refractivity contribution >= 4 is 34.6 Å². The van der Waals surface area contributed by atoms with E-state index in [1.165, 1.54) is 18.2 Å². The number of alkyl halides is 2. The average Bonchev–Trinajstić information content (AvgIpc) is 3.24. The molecule has 0 aromatic rings. The van der Waals surface area contributed by atoms with Gasteiger partial charge in [-0.25, -0.2) is 8.78 Å². The summed E-state index contributed by atoms with van der Waals surface area (Å²) in [6, 6.07) is 0. The van der Waals surface area contributed by atoms with Crippen LogP contribution in [0.4, 0.5) is 8.78 Å². The Labute approximate surface area is 217 Å². The molecule has 192 valence electrons. The van der Waals surface area contributed by atoms with Crippen LogP contribution in [0.1, 0.15) is 52.4 Å². The lowest BCUT2D eigenvalue weighted by atomic mass is 9.44. The Bertz CT molecular complexity index is 1030. The summed E-state index contributed by atoms with van der Waals surface area (Å²) >= 11 is 1.67. The van der Waals surface area contributed by atoms with E-state index < -0.39 is 58.6 Å². The fourth-order valence-corrected chi connectivity index (χ4v) is 8.84. The lowest BCUT2D eigenvalue weighted by molar-refractivity contribution is -0.240. The van der Waals surface area contributed by atoms with Crippen molar-refractivity contribution in [2.45, 2.75) is 88.3 Å². The number of Topliss-reactive ketones (excluding diaryl/α,β-unsaturated/α-hetero) is 1. The highest BCUT2D eigenvalue weighted by atomic mass is 127. The lowest BCUT2D eigenvalue weighted by Crippen LogP contribution is -2.71. The number of aliphatic hydroxyl groups excluding tert-OH is 1. The van der Waals surface area contributed by atoms with Crippen LogP contribution in [-0.2, 0) is 22.1 Å². The third kappa shape index (κ3) is 2.88. The zero-order chi connectivity index (χ0) is 25.0. The van der Waals surface area contributed by atoms with Gasteiger partial charge in [-0.3, -0.25) is 9.59 Å². The second-order valence-electron chi connectivity index (χ2n) is 11.8. The molecule has 5 unspecified atom stereocenters. The van der Waals surface area contributed by atoms with E-state index in [0.29, 0.717) is 6.42 Å². The van der Waals surface area contributed by atoms with Gasteiger partial charge in [-0.05, 0) is 62.7 Å². The van der Waals surface area contributed by atoms with Gasteiger partial charge in [0, 0.05) is 22.7 Å². The van der Waals surface area contributed by atoms with E-state index in [-0.39, 0.29) is 42.5 Å². The first-order valence-corrected chi connectivity index (χ1v) is 13.5. The van der Waals surface area contributed by atoms with Crippen molar-refractivity contribution in [1.29, 1.82) is 0 Å². The average molecular weight is 604 g/mol. The van der Waals surface area contributed by atoms with Crippen molar-refractivity contribution < 1.29 is 36.0 Å². The van der Waals surface area contributed by atoms with Crippen molar-refractivity contribution in [2.75, 3.05) is 6.61 Å². The lowest BCUT2D eigenvalue weighted by Gasteiger charge is -2.63. The Morgan fingerprint density at radius 1 is 1.29 bits per heavy atom. The van der Waals surface area contributed by atoms with Crippen LogP contribution in [0.15, 0.2) is 23.8 Å². The van der Waals surface area contributed by atoms with Crippen LogP contribution >= 0.6 is 23.0 Å². The molecule has 5 fully saturated rings. The third-order valence-electron chi connectivity index (χ3n) is 10.5. The van der Waals surface area contributed by atoms with Crippen LogP contribution in [0.25, 0.3) is 0 Å². The fourth-order valence-electron chi connectivity index (χ4n) is 8.55. The van der Waals surface area contributed by atoms with Crippen molar-refractivity contribution in [3.8, 4) is 0 Å². The molecule has 0 aromatic carbocycles. The maximum absolute atomic E-state index is 17.3. The van der Waals surface area contributed by atoms with Gasteiger partial charge in [0.05, 0.1) is 12.2 Å². The molecule has 6 rings (SSSR count). The standard InChI is InChI=1S/C26H31F2IO6/c1-23-7-6-14(30)8-17(23)18(27)9-16-15-10-21-26(20(32)12-33-29,35-22(34-21)13-4-3-5-13)24(15,2)11-19(31)25(16,23)28/h6-8,13,15-16,18-19,21-22,31H,3-5,9-12H2,1-2H3/t15-,16?,18-,19?,21+,22+,23?,24?,25-,26?/m0/s1. The molecule has 6 nitrogen and oxygen atoms in total. The normalized spacial score (nSPS) is 52.7. The highest BCUT2D eigenvalue weighted by Gasteiger charge is 2.80. The number of hydrogen-bond acceptors (Lipinski definition) is 6. The number of aliphatic hydroxyl groups is 1. The van der Waals surface area contributed by atoms with E-state index in [9.17, 15) is 14.7 Å². The van der Waals surface area contributed by atoms with Crippen molar-refractivity contribution in [1.82, 2.24) is 0 Å². The van der Waals surface area contributed by atoms with E-state index in [0.717, 1.165) is 19.3 Å². The minimum Gasteiger partial charge on any atom is -0.390 e. The second-order valence-corrected chi connectivity index (χ2v) is 12.4. The topological polar surface area (TPSA) is 82.1 Å². The van der Waals surface area contributed by atoms with Crippen molar-refractivity contribution in [3.63, 3.8) is 0 Å². The molecule has 0 aromatic heterocycles. The Balaban J connectivity index is 1.44. The Hall–Kier alpha value is -0.750. The minimum atomic E-state index is -2.20. The molecule has 4 saturated carbocycles. The van der Waals surface area contributed by atoms with E-state index in [1.807, 2.05) is 6.92 Å². The molecule has 1 aliphatic heterocycles. The summed E-state index contributed by atoms with van der Waals surface area (Å²) < 4.78 is 51.1. The van der Waals surface area contributed by atoms with Gasteiger partial charge < -0.3 is 17.6 Å². The molecule has 0 bridgehead atoms. The predicted octanol–water partition coefficient (Wildman–Crippen LogP) is 4.13. The smallest absolute Gasteiger partial charge is 0.194 e. The molecule has 35 heavy (non-hydrogen) atoms. The SMILES string of the molecule is CC12CC(O)[C@@]3(F)C(C[C@H](F)C4=CC(=O)C=CC43C)[C@@H]1C[C@H]1O[C@@H](C3CCC3)OC12C(=O)COI. The number of carbonyl (C=O) groups excluding carboxylic acids is 2. The molecule has 9 heteroatoms. The van der Waals surface area contributed by atoms with Gasteiger partial charge in [0.1, 0.15) is 35.8 Å². The molecule has 0 radical (unpaired) electrons. The van der Waals surface area contributed by atoms with Crippen LogP contribution in [0.2, 0.25) is 0 Å². The molecule has 0 spiro atoms. The Morgan fingerprint density at radius 3 is 2.69 bits per heavy atom. The Morgan fingerprint density at radius 2 is 2.03 bits per heavy atom. The van der Waals surface area contributed by atoms with Gasteiger partial charge >= 0.3 is 0 Å². The van der Waals surface area contributed by atoms with Crippen LogP contribution < -0.4 is 0 Å². The number of allylic oxidation sites excluding steroid dienone is 4. The summed E-state index contributed by atoms with van der Waals surface area (Å²) in [6.07, 6.45) is 2.91. The first-order valence-electron chi connectivity index (χ1n) is 12.6. The highest BCUT2D eigenvalue weighted by Crippen LogP contribution is 2.72. The summed E-state index contributed by atoms with van der Waals surface area (Å²) in [7, 11) is 0. The molecule has 6 aliphatic rings. The number of ketones is 2. The van der Waals surface area contributed by atoms with Crippen LogP contribution in [0.5, 0.6) is 0 Å². The van der Waals surface area contributed by atoms with Gasteiger partial charge in [0.2, 0.25) is 0 Å². The van der Waals surface area contributed by atoms with Gasteiger partial charge in [-0.2, -0.15) is 0 Å². The number of hydrogen-bond donors (Lipinski definition) is 1. The van der Waals surface area contributed by atoms with E-state index >= 15 is 8.78 Å². The number of halogens is 3. The van der Waals surface area contributed by atoms with Crippen LogP contribution in [-0.4, -0.2) is 59.2 Å². The van der Waals surface area contributed by atoms with E-state index in [4.69, 9.17) is 12.5 Å². The zero-order valence-electron chi connectivity index (χ0n) is 19.8. The number of carbonyl (C=O) groups is 2. The summed E-state index contributed by atoms with van der Waals surface area (Å²) in [5, 5.41) is 11.5. The molecule has 1 heterocycles. The molecule has 1 N–H and O–H groups in total. The minimum absolute atomic E-state index is 0.0312. The Kier molecular flexibility index (Phi) is 5.53. The molecular weight excluding hydrogens is 573 g/mol. The van der Waals surface area contributed by atoms with Crippen LogP contribution in [0.3, 0.4) is 0 Å². The zero-order valence-corrected chi connectivity index (χ0v) is 22.0. The fraction of sp³-hybridized carbons (Fsp3) is 0.769. The van der Waals surface area contributed by atoms with Gasteiger partial charge in [0.15, 0.2) is 29.1 Å². The highest BCUT2D eigenvalue weighted by molar-refractivity contribution is 14.1. The van der Waals surface area contributed by atoms with Crippen LogP contribution in [0, 0.1) is 28.6 Å². The first-order chi connectivity index (χ1) is 16.5. The second kappa shape index (κ2) is 7.88. The molecule has 10 atom stereocenters. The number of ether oxygens (including phenoxy) is 2. The molecular formula is C26H31F2IO6. The summed E-state index contributed by atoms with van der Waals surface area (Å²) in [5.74, 6) is -1.77. The monoisotopic (exact) mass is 604 g/mol. The predicted molar refractivity (Wildman–Crippen MR) is 129 cm³/mol. The van der Waals surface area contributed by atoms with Gasteiger partial charge in [-0.15, -0.1) is 0 Å². The third-order valence-corrected chi connectivity index (χ3v) is 10.8. The quantitative estimate of drug-likeness (QED) is 0.487. The van der Waals surface area contributed by atoms with Gasteiger partial charge in [0.25, 0.3) is 0 Å². The summed E-state index contributed by atoms with van der Waals surface area (Å²) in [5.41, 5.74) is -5.91. The molecule has 1 saturated heterocycles. The molecule has 5 aliphatic carbocycles. The largest absolute Gasteiger partial charge is 0.390 e. The number of rotatable bonds is 4.